The molecule has 1 aliphatic heterocycles. The summed E-state index contributed by atoms with van der Waals surface area (Å²) in [6.45, 7) is 2.38. The Balaban J connectivity index is 1.44. The lowest BCUT2D eigenvalue weighted by Gasteiger charge is -2.36. The van der Waals surface area contributed by atoms with Gasteiger partial charge in [0.05, 0.1) is 23.2 Å². The summed E-state index contributed by atoms with van der Waals surface area (Å²) in [5, 5.41) is 4.33. The first kappa shape index (κ1) is 27.5. The number of rotatable bonds is 8. The molecule has 8 nitrogen and oxygen atoms in total. The van der Waals surface area contributed by atoms with Crippen LogP contribution in [-0.2, 0) is 15.8 Å². The molecule has 11 heteroatoms. The Hall–Kier alpha value is -4.09. The maximum Gasteiger partial charge on any atom is 0.316 e. The molecule has 1 aromatic heterocycles. The number of aromatic nitrogens is 2. The molecule has 1 atom stereocenters. The zero-order valence-electron chi connectivity index (χ0n) is 21.8. The monoisotopic (exact) mass is 566 g/mol. The van der Waals surface area contributed by atoms with Crippen LogP contribution in [-0.4, -0.2) is 48.7 Å². The van der Waals surface area contributed by atoms with Gasteiger partial charge in [-0.15, -0.1) is 0 Å². The molecule has 1 aliphatic rings. The van der Waals surface area contributed by atoms with Gasteiger partial charge in [-0.3, -0.25) is 4.79 Å². The van der Waals surface area contributed by atoms with Crippen molar-refractivity contribution in [1.29, 1.82) is 0 Å². The largest absolute Gasteiger partial charge is 0.478 e. The third kappa shape index (κ3) is 5.75. The van der Waals surface area contributed by atoms with E-state index in [2.05, 4.69) is 5.10 Å². The van der Waals surface area contributed by atoms with Gasteiger partial charge in [-0.25, -0.2) is 17.2 Å². The van der Waals surface area contributed by atoms with Crippen LogP contribution < -0.4 is 15.2 Å². The van der Waals surface area contributed by atoms with E-state index in [-0.39, 0.29) is 43.2 Å². The highest BCUT2D eigenvalue weighted by molar-refractivity contribution is 7.88. The second-order valence-corrected chi connectivity index (χ2v) is 11.4. The van der Waals surface area contributed by atoms with Crippen LogP contribution in [0.1, 0.15) is 24.2 Å². The molecule has 0 radical (unpaired) electrons. The zero-order chi connectivity index (χ0) is 28.3. The lowest BCUT2D eigenvalue weighted by molar-refractivity contribution is 0.211. The van der Waals surface area contributed by atoms with E-state index in [0.29, 0.717) is 16.9 Å². The minimum Gasteiger partial charge on any atom is -0.478 e. The van der Waals surface area contributed by atoms with Gasteiger partial charge in [0.1, 0.15) is 23.4 Å². The quantitative estimate of drug-likeness (QED) is 0.316. The third-order valence-electron chi connectivity index (χ3n) is 6.78. The van der Waals surface area contributed by atoms with Gasteiger partial charge in [0.15, 0.2) is 0 Å². The van der Waals surface area contributed by atoms with E-state index in [1.54, 1.807) is 59.5 Å². The zero-order valence-corrected chi connectivity index (χ0v) is 22.6. The van der Waals surface area contributed by atoms with E-state index in [4.69, 9.17) is 4.74 Å². The molecule has 0 bridgehead atoms. The van der Waals surface area contributed by atoms with E-state index in [1.807, 2.05) is 6.07 Å². The van der Waals surface area contributed by atoms with Crippen LogP contribution >= 0.6 is 0 Å². The molecule has 1 fully saturated rings. The minimum atomic E-state index is -3.56. The van der Waals surface area contributed by atoms with Gasteiger partial charge in [-0.05, 0) is 36.8 Å². The summed E-state index contributed by atoms with van der Waals surface area (Å²) in [6, 6.07) is 21.2. The van der Waals surface area contributed by atoms with E-state index < -0.39 is 33.3 Å². The van der Waals surface area contributed by atoms with Gasteiger partial charge < -0.3 is 9.64 Å². The van der Waals surface area contributed by atoms with E-state index in [0.717, 1.165) is 16.8 Å². The number of benzene rings is 3. The van der Waals surface area contributed by atoms with Gasteiger partial charge in [-0.1, -0.05) is 54.6 Å². The number of halogens is 2. The maximum absolute atomic E-state index is 14.5. The summed E-state index contributed by atoms with van der Waals surface area (Å²) < 4.78 is 63.7. The summed E-state index contributed by atoms with van der Waals surface area (Å²) in [5.41, 5.74) is 0.606. The number of hydrogen-bond donors (Lipinski definition) is 0. The highest BCUT2D eigenvalue weighted by Crippen LogP contribution is 2.31. The SMILES string of the molecule is CC(Oc1c(N2CCN(S(=O)(=O)Cc3ccccc3)CC2)cnn(-c2ccccc2)c1=O)c1c(F)cccc1F. The topological polar surface area (TPSA) is 84.7 Å². The summed E-state index contributed by atoms with van der Waals surface area (Å²) in [6.07, 6.45) is 0.328. The molecule has 0 saturated carbocycles. The molecule has 5 rings (SSSR count). The Morgan fingerprint density at radius 3 is 2.10 bits per heavy atom. The predicted octanol–water partition coefficient (Wildman–Crippen LogP) is 4.30. The van der Waals surface area contributed by atoms with Crippen LogP contribution in [0.25, 0.3) is 5.69 Å². The van der Waals surface area contributed by atoms with Crippen molar-refractivity contribution in [1.82, 2.24) is 14.1 Å². The molecular weight excluding hydrogens is 538 g/mol. The second-order valence-electron chi connectivity index (χ2n) is 9.43. The number of anilines is 1. The number of piperazine rings is 1. The fourth-order valence-electron chi connectivity index (χ4n) is 4.74. The summed E-state index contributed by atoms with van der Waals surface area (Å²) in [4.78, 5) is 15.5. The van der Waals surface area contributed by atoms with Crippen LogP contribution in [0.5, 0.6) is 5.75 Å². The Labute approximate surface area is 231 Å². The summed E-state index contributed by atoms with van der Waals surface area (Å²) in [5.74, 6) is -1.81. The second kappa shape index (κ2) is 11.6. The van der Waals surface area contributed by atoms with Gasteiger partial charge >= 0.3 is 5.56 Å². The van der Waals surface area contributed by atoms with Crippen LogP contribution in [0.2, 0.25) is 0 Å². The lowest BCUT2D eigenvalue weighted by atomic mass is 10.1. The smallest absolute Gasteiger partial charge is 0.316 e. The fraction of sp³-hybridized carbons (Fsp3) is 0.241. The number of hydrogen-bond acceptors (Lipinski definition) is 6. The highest BCUT2D eigenvalue weighted by Gasteiger charge is 2.30. The Morgan fingerprint density at radius 1 is 0.875 bits per heavy atom. The van der Waals surface area contributed by atoms with E-state index in [9.17, 15) is 22.0 Å². The van der Waals surface area contributed by atoms with Crippen molar-refractivity contribution in [3.05, 3.63) is 118 Å². The number of para-hydroxylation sites is 1. The van der Waals surface area contributed by atoms with Crippen LogP contribution in [0.3, 0.4) is 0 Å². The Kier molecular flexibility index (Phi) is 7.95. The van der Waals surface area contributed by atoms with Crippen molar-refractivity contribution in [2.24, 2.45) is 0 Å². The van der Waals surface area contributed by atoms with Crippen molar-refractivity contribution in [2.45, 2.75) is 18.8 Å². The molecule has 208 valence electrons. The number of sulfonamides is 1. The van der Waals surface area contributed by atoms with Gasteiger partial charge in [0.2, 0.25) is 15.8 Å². The first-order valence-corrected chi connectivity index (χ1v) is 14.4. The first-order chi connectivity index (χ1) is 19.2. The molecule has 0 spiro atoms. The molecule has 1 saturated heterocycles. The molecule has 0 N–H and O–H groups in total. The van der Waals surface area contributed by atoms with Gasteiger partial charge in [0, 0.05) is 26.2 Å². The van der Waals surface area contributed by atoms with Crippen LogP contribution in [0.4, 0.5) is 14.5 Å². The van der Waals surface area contributed by atoms with Crippen molar-refractivity contribution >= 4 is 15.7 Å². The van der Waals surface area contributed by atoms with E-state index >= 15 is 0 Å². The first-order valence-electron chi connectivity index (χ1n) is 12.8. The van der Waals surface area contributed by atoms with E-state index in [1.165, 1.54) is 23.5 Å². The average Bonchev–Trinajstić information content (AvgIpc) is 2.95. The molecular formula is C29H28F2N4O4S. The molecule has 3 aromatic carbocycles. The average molecular weight is 567 g/mol. The summed E-state index contributed by atoms with van der Waals surface area (Å²) >= 11 is 0. The maximum atomic E-state index is 14.5. The van der Waals surface area contributed by atoms with Crippen molar-refractivity contribution in [3.8, 4) is 11.4 Å². The number of ether oxygens (including phenoxy) is 1. The van der Waals surface area contributed by atoms with Gasteiger partial charge in [-0.2, -0.15) is 14.1 Å². The Bertz CT molecular complexity index is 1620. The van der Waals surface area contributed by atoms with Gasteiger partial charge in [0.25, 0.3) is 0 Å². The lowest BCUT2D eigenvalue weighted by Crippen LogP contribution is -2.49. The molecule has 2 heterocycles. The molecule has 4 aromatic rings. The van der Waals surface area contributed by atoms with Crippen molar-refractivity contribution in [3.63, 3.8) is 0 Å². The van der Waals surface area contributed by atoms with Crippen molar-refractivity contribution in [2.75, 3.05) is 31.1 Å². The minimum absolute atomic E-state index is 0.109. The number of nitrogens with zero attached hydrogens (tertiary/aromatic N) is 4. The van der Waals surface area contributed by atoms with Crippen LogP contribution in [0, 0.1) is 11.6 Å². The molecule has 1 unspecified atom stereocenters. The fourth-order valence-corrected chi connectivity index (χ4v) is 6.25. The molecule has 0 aliphatic carbocycles. The normalized spacial score (nSPS) is 15.1. The van der Waals surface area contributed by atoms with Crippen molar-refractivity contribution < 1.29 is 21.9 Å². The van der Waals surface area contributed by atoms with Crippen LogP contribution in [0.15, 0.2) is 89.9 Å². The molecule has 0 amide bonds. The predicted molar refractivity (Wildman–Crippen MR) is 148 cm³/mol. The standard InChI is InChI=1S/C29H28F2N4O4S/c1-21(27-24(30)13-8-14-25(27)31)39-28-26(19-32-35(29(28)36)23-11-6-3-7-12-23)33-15-17-34(18-16-33)40(37,38)20-22-9-4-2-5-10-22/h2-14,19,21H,15-18,20H2,1H3. The third-order valence-corrected chi connectivity index (χ3v) is 8.63. The molecule has 40 heavy (non-hydrogen) atoms. The summed E-state index contributed by atoms with van der Waals surface area (Å²) in [7, 11) is -3.56. The Morgan fingerprint density at radius 2 is 1.48 bits per heavy atom. The highest BCUT2D eigenvalue weighted by atomic mass is 32.2.